The molecule has 0 radical (unpaired) electrons. The highest BCUT2D eigenvalue weighted by molar-refractivity contribution is 5.69. The third kappa shape index (κ3) is 11.9. The van der Waals surface area contributed by atoms with E-state index in [4.69, 9.17) is 14.2 Å². The zero-order valence-corrected chi connectivity index (χ0v) is 20.4. The molecule has 1 aliphatic rings. The van der Waals surface area contributed by atoms with Crippen LogP contribution in [0.3, 0.4) is 0 Å². The van der Waals surface area contributed by atoms with E-state index in [1.165, 1.54) is 84.2 Å². The zero-order valence-electron chi connectivity index (χ0n) is 20.4. The Labute approximate surface area is 194 Å². The molecule has 1 aliphatic heterocycles. The van der Waals surface area contributed by atoms with Gasteiger partial charge in [-0.05, 0) is 6.42 Å². The fraction of sp³-hybridized carbons (Fsp3) is 0.960. The molecule has 1 saturated heterocycles. The summed E-state index contributed by atoms with van der Waals surface area (Å²) in [7, 11) is 1.35. The molecule has 1 heterocycles. The maximum absolute atomic E-state index is 12.1. The number of aliphatic hydroxyl groups is 3. The third-order valence-corrected chi connectivity index (χ3v) is 6.33. The minimum Gasteiger partial charge on any atom is -0.433 e. The molecule has 3 N–H and O–H groups in total. The van der Waals surface area contributed by atoms with E-state index in [-0.39, 0.29) is 6.42 Å². The summed E-state index contributed by atoms with van der Waals surface area (Å²) >= 11 is 0. The van der Waals surface area contributed by atoms with Crippen molar-refractivity contribution in [3.8, 4) is 0 Å². The minimum atomic E-state index is -1.30. The van der Waals surface area contributed by atoms with Crippen LogP contribution >= 0.6 is 0 Å². The summed E-state index contributed by atoms with van der Waals surface area (Å²) in [6, 6.07) is 0. The highest BCUT2D eigenvalue weighted by Gasteiger charge is 2.46. The van der Waals surface area contributed by atoms with E-state index in [1.54, 1.807) is 0 Å². The molecule has 0 bridgehead atoms. The molecule has 1 fully saturated rings. The first-order valence-electron chi connectivity index (χ1n) is 12.9. The van der Waals surface area contributed by atoms with E-state index in [2.05, 4.69) is 6.92 Å². The van der Waals surface area contributed by atoms with Crippen LogP contribution < -0.4 is 0 Å². The summed E-state index contributed by atoms with van der Waals surface area (Å²) in [5, 5.41) is 29.2. The molecule has 1 rings (SSSR count). The number of methoxy groups -OCH3 is 1. The van der Waals surface area contributed by atoms with E-state index in [9.17, 15) is 20.1 Å². The normalized spacial score (nSPS) is 25.7. The van der Waals surface area contributed by atoms with Crippen molar-refractivity contribution in [2.45, 2.75) is 140 Å². The highest BCUT2D eigenvalue weighted by Crippen LogP contribution is 2.24. The van der Waals surface area contributed by atoms with Crippen molar-refractivity contribution < 1.29 is 34.3 Å². The second-order valence-corrected chi connectivity index (χ2v) is 9.10. The van der Waals surface area contributed by atoms with Crippen LogP contribution in [0.1, 0.15) is 110 Å². The first kappa shape index (κ1) is 29.3. The SMILES string of the molecule is CCCCCCCCCCCCCCCCCC(=O)O[C@@H]1O[C@H](CO)[C@@H](O)[C@H](O)[C@H]1OC. The van der Waals surface area contributed by atoms with Gasteiger partial charge in [0, 0.05) is 13.5 Å². The van der Waals surface area contributed by atoms with Gasteiger partial charge in [-0.3, -0.25) is 4.79 Å². The van der Waals surface area contributed by atoms with Gasteiger partial charge in [0.2, 0.25) is 6.29 Å². The predicted molar refractivity (Wildman–Crippen MR) is 124 cm³/mol. The van der Waals surface area contributed by atoms with Gasteiger partial charge in [-0.1, -0.05) is 96.8 Å². The van der Waals surface area contributed by atoms with Crippen molar-refractivity contribution in [1.82, 2.24) is 0 Å². The lowest BCUT2D eigenvalue weighted by atomic mass is 9.99. The zero-order chi connectivity index (χ0) is 23.6. The average molecular weight is 461 g/mol. The average Bonchev–Trinajstić information content (AvgIpc) is 2.79. The number of carbonyl (C=O) groups is 1. The van der Waals surface area contributed by atoms with Crippen molar-refractivity contribution in [2.75, 3.05) is 13.7 Å². The van der Waals surface area contributed by atoms with Crippen LogP contribution in [-0.4, -0.2) is 65.7 Å². The molecule has 0 aromatic heterocycles. The summed E-state index contributed by atoms with van der Waals surface area (Å²) < 4.78 is 15.8. The molecule has 0 saturated carbocycles. The Morgan fingerprint density at radius 3 is 1.69 bits per heavy atom. The second-order valence-electron chi connectivity index (χ2n) is 9.10. The number of unbranched alkanes of at least 4 members (excludes halogenated alkanes) is 14. The molecule has 0 aromatic carbocycles. The molecule has 7 heteroatoms. The van der Waals surface area contributed by atoms with E-state index >= 15 is 0 Å². The first-order chi connectivity index (χ1) is 15.5. The number of carbonyl (C=O) groups excluding carboxylic acids is 1. The molecular formula is C25H48O7. The van der Waals surface area contributed by atoms with E-state index in [0.29, 0.717) is 0 Å². The Kier molecular flexibility index (Phi) is 17.1. The Balaban J connectivity index is 2.00. The Hall–Kier alpha value is -0.730. The number of aliphatic hydroxyl groups excluding tert-OH is 3. The van der Waals surface area contributed by atoms with Gasteiger partial charge in [-0.25, -0.2) is 0 Å². The van der Waals surface area contributed by atoms with Crippen LogP contribution in [0.25, 0.3) is 0 Å². The van der Waals surface area contributed by atoms with Gasteiger partial charge < -0.3 is 29.5 Å². The van der Waals surface area contributed by atoms with Gasteiger partial charge in [0.05, 0.1) is 6.61 Å². The topological polar surface area (TPSA) is 105 Å². The van der Waals surface area contributed by atoms with Gasteiger partial charge in [0.1, 0.15) is 24.4 Å². The summed E-state index contributed by atoms with van der Waals surface area (Å²) in [4.78, 5) is 12.1. The fourth-order valence-electron chi connectivity index (χ4n) is 4.23. The molecule has 0 aromatic rings. The van der Waals surface area contributed by atoms with Gasteiger partial charge in [0.15, 0.2) is 0 Å². The van der Waals surface area contributed by atoms with Crippen LogP contribution in [0.4, 0.5) is 0 Å². The van der Waals surface area contributed by atoms with Crippen molar-refractivity contribution >= 4 is 5.97 Å². The third-order valence-electron chi connectivity index (χ3n) is 6.33. The smallest absolute Gasteiger partial charge is 0.308 e. The van der Waals surface area contributed by atoms with Gasteiger partial charge in [0.25, 0.3) is 0 Å². The van der Waals surface area contributed by atoms with Gasteiger partial charge >= 0.3 is 5.97 Å². The van der Waals surface area contributed by atoms with Crippen molar-refractivity contribution in [3.63, 3.8) is 0 Å². The summed E-state index contributed by atoms with van der Waals surface area (Å²) in [5.74, 6) is -0.424. The lowest BCUT2D eigenvalue weighted by Gasteiger charge is -2.40. The number of hydrogen-bond acceptors (Lipinski definition) is 7. The van der Waals surface area contributed by atoms with Crippen molar-refractivity contribution in [3.05, 3.63) is 0 Å². The minimum absolute atomic E-state index is 0.275. The number of ether oxygens (including phenoxy) is 3. The quantitative estimate of drug-likeness (QED) is 0.195. The lowest BCUT2D eigenvalue weighted by Crippen LogP contribution is -2.60. The largest absolute Gasteiger partial charge is 0.433 e. The van der Waals surface area contributed by atoms with E-state index in [0.717, 1.165) is 19.3 Å². The summed E-state index contributed by atoms with van der Waals surface area (Å²) in [6.07, 6.45) is 13.5. The monoisotopic (exact) mass is 460 g/mol. The molecule has 5 atom stereocenters. The van der Waals surface area contributed by atoms with Gasteiger partial charge in [-0.2, -0.15) is 0 Å². The molecule has 0 unspecified atom stereocenters. The number of esters is 1. The maximum atomic E-state index is 12.1. The van der Waals surface area contributed by atoms with Crippen molar-refractivity contribution in [1.29, 1.82) is 0 Å². The molecule has 32 heavy (non-hydrogen) atoms. The van der Waals surface area contributed by atoms with E-state index < -0.39 is 43.3 Å². The van der Waals surface area contributed by atoms with Crippen LogP contribution in [-0.2, 0) is 19.0 Å². The van der Waals surface area contributed by atoms with Crippen LogP contribution in [0.5, 0.6) is 0 Å². The molecule has 7 nitrogen and oxygen atoms in total. The molecule has 190 valence electrons. The number of rotatable bonds is 19. The fourth-order valence-corrected chi connectivity index (χ4v) is 4.23. The first-order valence-corrected chi connectivity index (χ1v) is 12.9. The summed E-state index contributed by atoms with van der Waals surface area (Å²) in [6.45, 7) is 1.77. The highest BCUT2D eigenvalue weighted by atomic mass is 16.7. The molecule has 0 amide bonds. The van der Waals surface area contributed by atoms with Gasteiger partial charge in [-0.15, -0.1) is 0 Å². The van der Waals surface area contributed by atoms with E-state index in [1.807, 2.05) is 0 Å². The van der Waals surface area contributed by atoms with Crippen LogP contribution in [0, 0.1) is 0 Å². The standard InChI is InChI=1S/C25H48O7/c1-3-4-5-6-7-8-9-10-11-12-13-14-15-16-17-18-21(27)32-25-24(30-2)23(29)22(28)20(19-26)31-25/h20,22-26,28-29H,3-19H2,1-2H3/t20-,22-,23+,24-,25+/m1/s1. The Bertz CT molecular complexity index is 460. The Morgan fingerprint density at radius 1 is 0.781 bits per heavy atom. The van der Waals surface area contributed by atoms with Crippen molar-refractivity contribution in [2.24, 2.45) is 0 Å². The second kappa shape index (κ2) is 18.7. The number of hydrogen-bond donors (Lipinski definition) is 3. The Morgan fingerprint density at radius 2 is 1.25 bits per heavy atom. The van der Waals surface area contributed by atoms with Crippen LogP contribution in [0.15, 0.2) is 0 Å². The maximum Gasteiger partial charge on any atom is 0.308 e. The molecule has 0 aliphatic carbocycles. The molecular weight excluding hydrogens is 412 g/mol. The molecule has 0 spiro atoms. The predicted octanol–water partition coefficient (Wildman–Crippen LogP) is 4.25. The lowest BCUT2D eigenvalue weighted by molar-refractivity contribution is -0.297. The van der Waals surface area contributed by atoms with Crippen LogP contribution in [0.2, 0.25) is 0 Å². The summed E-state index contributed by atoms with van der Waals surface area (Å²) in [5.41, 5.74) is 0.